The lowest BCUT2D eigenvalue weighted by Gasteiger charge is -1.96. The Hall–Kier alpha value is -1.09. The van der Waals surface area contributed by atoms with Gasteiger partial charge in [0, 0.05) is 23.2 Å². The summed E-state index contributed by atoms with van der Waals surface area (Å²) in [5, 5.41) is 8.93. The minimum Gasteiger partial charge on any atom is -0.286 e. The second-order valence-corrected chi connectivity index (χ2v) is 3.84. The largest absolute Gasteiger partial charge is 0.286 e. The van der Waals surface area contributed by atoms with Gasteiger partial charge in [0.15, 0.2) is 5.65 Å². The van der Waals surface area contributed by atoms with Gasteiger partial charge in [-0.2, -0.15) is 0 Å². The first-order chi connectivity index (χ1) is 6.34. The summed E-state index contributed by atoms with van der Waals surface area (Å²) < 4.78 is 2.02. The van der Waals surface area contributed by atoms with Gasteiger partial charge in [0.1, 0.15) is 5.82 Å². The van der Waals surface area contributed by atoms with Crippen LogP contribution in [0.5, 0.6) is 0 Å². The van der Waals surface area contributed by atoms with E-state index in [1.807, 2.05) is 22.7 Å². The van der Waals surface area contributed by atoms with E-state index in [1.54, 1.807) is 0 Å². The van der Waals surface area contributed by atoms with Crippen LogP contribution in [0.1, 0.15) is 24.6 Å². The molecule has 1 saturated carbocycles. The van der Waals surface area contributed by atoms with E-state index in [0.717, 1.165) is 11.5 Å². The van der Waals surface area contributed by atoms with Crippen molar-refractivity contribution in [2.24, 2.45) is 0 Å². The number of nitrogens with zero attached hydrogens (tertiary/aromatic N) is 3. The van der Waals surface area contributed by atoms with Gasteiger partial charge in [-0.1, -0.05) is 11.6 Å². The fraction of sp³-hybridized carbons (Fsp3) is 0.333. The maximum Gasteiger partial charge on any atom is 0.162 e. The van der Waals surface area contributed by atoms with Crippen LogP contribution in [0.4, 0.5) is 0 Å². The van der Waals surface area contributed by atoms with E-state index >= 15 is 0 Å². The van der Waals surface area contributed by atoms with Crippen molar-refractivity contribution in [3.05, 3.63) is 29.2 Å². The molecule has 2 heterocycles. The third-order valence-corrected chi connectivity index (χ3v) is 2.58. The van der Waals surface area contributed by atoms with Crippen molar-refractivity contribution in [2.45, 2.75) is 18.8 Å². The molecule has 2 aromatic heterocycles. The maximum atomic E-state index is 5.84. The van der Waals surface area contributed by atoms with Gasteiger partial charge < -0.3 is 0 Å². The Morgan fingerprint density at radius 3 is 3.00 bits per heavy atom. The molecular weight excluding hydrogens is 186 g/mol. The van der Waals surface area contributed by atoms with E-state index < -0.39 is 0 Å². The molecule has 0 atom stereocenters. The molecule has 4 heteroatoms. The Kier molecular flexibility index (Phi) is 1.38. The minimum absolute atomic E-state index is 0.621. The maximum absolute atomic E-state index is 5.84. The van der Waals surface area contributed by atoms with E-state index in [2.05, 4.69) is 10.2 Å². The van der Waals surface area contributed by atoms with E-state index in [-0.39, 0.29) is 0 Å². The molecule has 0 aliphatic heterocycles. The zero-order valence-electron chi connectivity index (χ0n) is 6.94. The molecule has 3 rings (SSSR count). The summed E-state index contributed by atoms with van der Waals surface area (Å²) in [6, 6.07) is 3.70. The predicted octanol–water partition coefficient (Wildman–Crippen LogP) is 2.26. The lowest BCUT2D eigenvalue weighted by atomic mass is 10.4. The smallest absolute Gasteiger partial charge is 0.162 e. The van der Waals surface area contributed by atoms with Crippen LogP contribution in [0, 0.1) is 0 Å². The molecule has 0 spiro atoms. The Morgan fingerprint density at radius 1 is 1.38 bits per heavy atom. The zero-order chi connectivity index (χ0) is 8.84. The summed E-state index contributed by atoms with van der Waals surface area (Å²) in [5.74, 6) is 1.70. The first-order valence-corrected chi connectivity index (χ1v) is 4.72. The molecule has 3 nitrogen and oxygen atoms in total. The Morgan fingerprint density at radius 2 is 2.23 bits per heavy atom. The van der Waals surface area contributed by atoms with Gasteiger partial charge in [-0.05, 0) is 18.9 Å². The molecule has 0 radical (unpaired) electrons. The Bertz CT molecular complexity index is 459. The Balaban J connectivity index is 2.26. The molecular formula is C9H8ClN3. The standard InChI is InChI=1S/C9H8ClN3/c10-7-3-4-13-8(5-7)11-12-9(13)6-1-2-6/h3-6H,1-2H2. The minimum atomic E-state index is 0.621. The van der Waals surface area contributed by atoms with Crippen molar-refractivity contribution in [3.63, 3.8) is 0 Å². The molecule has 1 aliphatic rings. The highest BCUT2D eigenvalue weighted by molar-refractivity contribution is 6.30. The van der Waals surface area contributed by atoms with Crippen molar-refractivity contribution in [1.82, 2.24) is 14.6 Å². The molecule has 0 N–H and O–H groups in total. The molecule has 0 saturated heterocycles. The monoisotopic (exact) mass is 193 g/mol. The van der Waals surface area contributed by atoms with Crippen molar-refractivity contribution in [3.8, 4) is 0 Å². The van der Waals surface area contributed by atoms with Gasteiger partial charge >= 0.3 is 0 Å². The van der Waals surface area contributed by atoms with Gasteiger partial charge in [-0.3, -0.25) is 4.40 Å². The third-order valence-electron chi connectivity index (χ3n) is 2.34. The van der Waals surface area contributed by atoms with Crippen molar-refractivity contribution in [2.75, 3.05) is 0 Å². The number of rotatable bonds is 1. The zero-order valence-corrected chi connectivity index (χ0v) is 7.70. The lowest BCUT2D eigenvalue weighted by Crippen LogP contribution is -1.90. The molecule has 0 aromatic carbocycles. The quantitative estimate of drug-likeness (QED) is 0.696. The molecule has 0 bridgehead atoms. The number of halogens is 1. The summed E-state index contributed by atoms with van der Waals surface area (Å²) >= 11 is 5.84. The van der Waals surface area contributed by atoms with Crippen LogP contribution in [0.25, 0.3) is 5.65 Å². The number of hydrogen-bond donors (Lipinski definition) is 0. The lowest BCUT2D eigenvalue weighted by molar-refractivity contribution is 0.897. The second-order valence-electron chi connectivity index (χ2n) is 3.41. The highest BCUT2D eigenvalue weighted by Crippen LogP contribution is 2.38. The summed E-state index contributed by atoms with van der Waals surface area (Å²) in [7, 11) is 0. The van der Waals surface area contributed by atoms with Crippen molar-refractivity contribution < 1.29 is 0 Å². The summed E-state index contributed by atoms with van der Waals surface area (Å²) in [6.45, 7) is 0. The Labute approximate surface area is 80.3 Å². The molecule has 2 aromatic rings. The number of pyridine rings is 1. The highest BCUT2D eigenvalue weighted by atomic mass is 35.5. The van der Waals surface area contributed by atoms with Gasteiger partial charge in [0.25, 0.3) is 0 Å². The van der Waals surface area contributed by atoms with Crippen LogP contribution < -0.4 is 0 Å². The van der Waals surface area contributed by atoms with Gasteiger partial charge in [0.05, 0.1) is 0 Å². The first-order valence-electron chi connectivity index (χ1n) is 4.35. The van der Waals surface area contributed by atoms with Crippen LogP contribution in [0.15, 0.2) is 18.3 Å². The average Bonchev–Trinajstić information content (AvgIpc) is 2.87. The normalized spacial score (nSPS) is 16.7. The van der Waals surface area contributed by atoms with E-state index in [4.69, 9.17) is 11.6 Å². The van der Waals surface area contributed by atoms with Crippen LogP contribution in [0.2, 0.25) is 5.02 Å². The van der Waals surface area contributed by atoms with E-state index in [0.29, 0.717) is 10.9 Å². The van der Waals surface area contributed by atoms with E-state index in [1.165, 1.54) is 12.8 Å². The predicted molar refractivity (Wildman–Crippen MR) is 50.0 cm³/mol. The number of fused-ring (bicyclic) bond motifs is 1. The molecule has 1 aliphatic carbocycles. The summed E-state index contributed by atoms with van der Waals surface area (Å²) in [4.78, 5) is 0. The first kappa shape index (κ1) is 7.33. The molecule has 1 fully saturated rings. The fourth-order valence-electron chi connectivity index (χ4n) is 1.50. The topological polar surface area (TPSA) is 30.2 Å². The molecule has 66 valence electrons. The summed E-state index contributed by atoms with van der Waals surface area (Å²) in [5.41, 5.74) is 0.842. The van der Waals surface area contributed by atoms with Gasteiger partial charge in [0.2, 0.25) is 0 Å². The third kappa shape index (κ3) is 1.11. The number of aromatic nitrogens is 3. The summed E-state index contributed by atoms with van der Waals surface area (Å²) in [6.07, 6.45) is 4.41. The van der Waals surface area contributed by atoms with Crippen molar-refractivity contribution in [1.29, 1.82) is 0 Å². The fourth-order valence-corrected chi connectivity index (χ4v) is 1.66. The van der Waals surface area contributed by atoms with Crippen molar-refractivity contribution >= 4 is 17.2 Å². The van der Waals surface area contributed by atoms with Gasteiger partial charge in [-0.25, -0.2) is 0 Å². The van der Waals surface area contributed by atoms with E-state index in [9.17, 15) is 0 Å². The SMILES string of the molecule is Clc1ccn2c(C3CC3)nnc2c1. The second kappa shape index (κ2) is 2.45. The van der Waals surface area contributed by atoms with Crippen LogP contribution in [-0.2, 0) is 0 Å². The van der Waals surface area contributed by atoms with Gasteiger partial charge in [-0.15, -0.1) is 10.2 Å². The van der Waals surface area contributed by atoms with Crippen LogP contribution in [-0.4, -0.2) is 14.6 Å². The van der Waals surface area contributed by atoms with Crippen LogP contribution >= 0.6 is 11.6 Å². The van der Waals surface area contributed by atoms with Crippen LogP contribution in [0.3, 0.4) is 0 Å². The average molecular weight is 194 g/mol. The highest BCUT2D eigenvalue weighted by Gasteiger charge is 2.28. The molecule has 13 heavy (non-hydrogen) atoms. The number of hydrogen-bond acceptors (Lipinski definition) is 2. The molecule has 0 unspecified atom stereocenters. The molecule has 0 amide bonds.